The van der Waals surface area contributed by atoms with Gasteiger partial charge in [-0.15, -0.1) is 0 Å². The number of aliphatic hydroxyl groups excluding tert-OH is 1. The largest absolute Gasteiger partial charge is 0.400 e. The van der Waals surface area contributed by atoms with E-state index < -0.39 is 0 Å². The maximum Gasteiger partial charge on any atom is 0.0319 e. The van der Waals surface area contributed by atoms with Gasteiger partial charge < -0.3 is 10.4 Å². The predicted octanol–water partition coefficient (Wildman–Crippen LogP) is 2.42. The van der Waals surface area contributed by atoms with Gasteiger partial charge in [-0.25, -0.2) is 0 Å². The Morgan fingerprint density at radius 1 is 1.00 bits per heavy atom. The van der Waals surface area contributed by atoms with E-state index in [0.717, 1.165) is 19.6 Å². The standard InChI is InChI=1S/C5H13N.C5H10.CH4O/c1-5(2)4-6-3;1-2-4-5-3-1;1-2/h5-6H,4H2,1-3H3;1-5H2;2H,1H3. The lowest BCUT2D eigenvalue weighted by atomic mass is 10.2. The van der Waals surface area contributed by atoms with Crippen molar-refractivity contribution in [2.45, 2.75) is 46.0 Å². The van der Waals surface area contributed by atoms with Crippen molar-refractivity contribution in [3.63, 3.8) is 0 Å². The highest BCUT2D eigenvalue weighted by atomic mass is 16.2. The first-order chi connectivity index (χ1) is 6.27. The fraction of sp³-hybridized carbons (Fsp3) is 1.00. The summed E-state index contributed by atoms with van der Waals surface area (Å²) < 4.78 is 0. The molecule has 0 heterocycles. The summed E-state index contributed by atoms with van der Waals surface area (Å²) in [5, 5.41) is 10.1. The first-order valence-electron chi connectivity index (χ1n) is 5.36. The van der Waals surface area contributed by atoms with Crippen LogP contribution in [0.15, 0.2) is 0 Å². The minimum Gasteiger partial charge on any atom is -0.400 e. The molecule has 2 N–H and O–H groups in total. The van der Waals surface area contributed by atoms with Gasteiger partial charge in [0.15, 0.2) is 0 Å². The van der Waals surface area contributed by atoms with Crippen LogP contribution in [0, 0.1) is 5.92 Å². The van der Waals surface area contributed by atoms with Gasteiger partial charge in [0.2, 0.25) is 0 Å². The Balaban J connectivity index is 0. The van der Waals surface area contributed by atoms with E-state index in [4.69, 9.17) is 5.11 Å². The molecule has 0 aromatic carbocycles. The Labute approximate surface area is 83.7 Å². The SMILES string of the molecule is C1CCCC1.CNCC(C)C.CO. The molecule has 1 saturated carbocycles. The predicted molar refractivity (Wildman–Crippen MR) is 60.0 cm³/mol. The molecule has 1 aliphatic carbocycles. The molecule has 0 amide bonds. The van der Waals surface area contributed by atoms with Crippen molar-refractivity contribution >= 4 is 0 Å². The maximum absolute atomic E-state index is 7.00. The zero-order valence-electron chi connectivity index (χ0n) is 9.77. The Morgan fingerprint density at radius 3 is 1.38 bits per heavy atom. The lowest BCUT2D eigenvalue weighted by Crippen LogP contribution is -2.12. The van der Waals surface area contributed by atoms with Gasteiger partial charge in [0.05, 0.1) is 0 Å². The van der Waals surface area contributed by atoms with Crippen LogP contribution in [0.4, 0.5) is 0 Å². The average Bonchev–Trinajstić information content (AvgIpc) is 2.64. The summed E-state index contributed by atoms with van der Waals surface area (Å²) >= 11 is 0. The van der Waals surface area contributed by atoms with Gasteiger partial charge >= 0.3 is 0 Å². The molecule has 0 bridgehead atoms. The minimum absolute atomic E-state index is 0.787. The Kier molecular flexibility index (Phi) is 17.1. The topological polar surface area (TPSA) is 32.3 Å². The van der Waals surface area contributed by atoms with Gasteiger partial charge in [-0.05, 0) is 19.5 Å². The van der Waals surface area contributed by atoms with Crippen molar-refractivity contribution in [2.75, 3.05) is 20.7 Å². The first kappa shape index (κ1) is 15.4. The van der Waals surface area contributed by atoms with Crippen molar-refractivity contribution in [1.29, 1.82) is 0 Å². The van der Waals surface area contributed by atoms with E-state index in [1.54, 1.807) is 0 Å². The number of hydrogen-bond donors (Lipinski definition) is 2. The van der Waals surface area contributed by atoms with E-state index in [1.165, 1.54) is 32.1 Å². The highest BCUT2D eigenvalue weighted by Crippen LogP contribution is 2.15. The van der Waals surface area contributed by atoms with Gasteiger partial charge in [0, 0.05) is 7.11 Å². The molecule has 1 aliphatic rings. The van der Waals surface area contributed by atoms with Crippen LogP contribution in [0.2, 0.25) is 0 Å². The third-order valence-corrected chi connectivity index (χ3v) is 1.86. The second-order valence-corrected chi connectivity index (χ2v) is 3.72. The smallest absolute Gasteiger partial charge is 0.0319 e. The Bertz CT molecular complexity index is 62.9. The molecule has 0 atom stereocenters. The van der Waals surface area contributed by atoms with Crippen LogP contribution in [-0.4, -0.2) is 25.8 Å². The molecule has 0 saturated heterocycles. The Morgan fingerprint density at radius 2 is 1.31 bits per heavy atom. The summed E-state index contributed by atoms with van der Waals surface area (Å²) in [5.74, 6) is 0.787. The lowest BCUT2D eigenvalue weighted by molar-refractivity contribution is 0.399. The van der Waals surface area contributed by atoms with Crippen LogP contribution in [0.5, 0.6) is 0 Å². The van der Waals surface area contributed by atoms with E-state index >= 15 is 0 Å². The third-order valence-electron chi connectivity index (χ3n) is 1.86. The highest BCUT2D eigenvalue weighted by Gasteiger charge is 1.95. The highest BCUT2D eigenvalue weighted by molar-refractivity contribution is 4.51. The monoisotopic (exact) mass is 189 g/mol. The molecule has 0 aromatic heterocycles. The van der Waals surface area contributed by atoms with Gasteiger partial charge in [-0.2, -0.15) is 0 Å². The number of aliphatic hydroxyl groups is 1. The Hall–Kier alpha value is -0.0800. The molecule has 1 rings (SSSR count). The fourth-order valence-electron chi connectivity index (χ4n) is 1.29. The van der Waals surface area contributed by atoms with Crippen LogP contribution >= 0.6 is 0 Å². The molecule has 1 fully saturated rings. The van der Waals surface area contributed by atoms with Crippen molar-refractivity contribution in [2.24, 2.45) is 5.92 Å². The number of hydrogen-bond acceptors (Lipinski definition) is 2. The molecule has 0 unspecified atom stereocenters. The summed E-state index contributed by atoms with van der Waals surface area (Å²) in [6.07, 6.45) is 7.50. The van der Waals surface area contributed by atoms with E-state index in [2.05, 4.69) is 19.2 Å². The van der Waals surface area contributed by atoms with Crippen molar-refractivity contribution in [1.82, 2.24) is 5.32 Å². The lowest BCUT2D eigenvalue weighted by Gasteiger charge is -1.98. The molecule has 13 heavy (non-hydrogen) atoms. The summed E-state index contributed by atoms with van der Waals surface area (Å²) in [7, 11) is 2.97. The van der Waals surface area contributed by atoms with Crippen LogP contribution in [0.25, 0.3) is 0 Å². The zero-order chi connectivity index (χ0) is 10.5. The second kappa shape index (κ2) is 14.4. The molecule has 2 nitrogen and oxygen atoms in total. The molecule has 0 spiro atoms. The van der Waals surface area contributed by atoms with Crippen molar-refractivity contribution in [3.05, 3.63) is 0 Å². The summed E-state index contributed by atoms with van der Waals surface area (Å²) in [6.45, 7) is 5.51. The van der Waals surface area contributed by atoms with E-state index in [1.807, 2.05) is 7.05 Å². The van der Waals surface area contributed by atoms with Crippen LogP contribution in [0.1, 0.15) is 46.0 Å². The normalized spacial score (nSPS) is 14.3. The van der Waals surface area contributed by atoms with Gasteiger partial charge in [0.25, 0.3) is 0 Å². The van der Waals surface area contributed by atoms with Crippen LogP contribution in [-0.2, 0) is 0 Å². The average molecular weight is 189 g/mol. The summed E-state index contributed by atoms with van der Waals surface area (Å²) in [5.41, 5.74) is 0. The molecular weight excluding hydrogens is 162 g/mol. The summed E-state index contributed by atoms with van der Waals surface area (Å²) in [6, 6.07) is 0. The first-order valence-corrected chi connectivity index (χ1v) is 5.36. The zero-order valence-corrected chi connectivity index (χ0v) is 9.77. The maximum atomic E-state index is 7.00. The molecule has 0 aliphatic heterocycles. The minimum atomic E-state index is 0.787. The second-order valence-electron chi connectivity index (χ2n) is 3.72. The number of nitrogens with one attached hydrogen (secondary N) is 1. The van der Waals surface area contributed by atoms with E-state index in [-0.39, 0.29) is 0 Å². The van der Waals surface area contributed by atoms with Crippen molar-refractivity contribution < 1.29 is 5.11 Å². The van der Waals surface area contributed by atoms with Crippen LogP contribution in [0.3, 0.4) is 0 Å². The van der Waals surface area contributed by atoms with Crippen LogP contribution < -0.4 is 5.32 Å². The van der Waals surface area contributed by atoms with Gasteiger partial charge in [-0.1, -0.05) is 46.0 Å². The molecule has 0 radical (unpaired) electrons. The van der Waals surface area contributed by atoms with E-state index in [9.17, 15) is 0 Å². The quantitative estimate of drug-likeness (QED) is 0.699. The van der Waals surface area contributed by atoms with Gasteiger partial charge in [-0.3, -0.25) is 0 Å². The van der Waals surface area contributed by atoms with Crippen molar-refractivity contribution in [3.8, 4) is 0 Å². The summed E-state index contributed by atoms with van der Waals surface area (Å²) in [4.78, 5) is 0. The van der Waals surface area contributed by atoms with Gasteiger partial charge in [0.1, 0.15) is 0 Å². The third kappa shape index (κ3) is 18.7. The fourth-order valence-corrected chi connectivity index (χ4v) is 1.29. The molecular formula is C11H27NO. The number of rotatable bonds is 2. The molecule has 0 aromatic rings. The molecule has 82 valence electrons. The molecule has 2 heteroatoms. The van der Waals surface area contributed by atoms with E-state index in [0.29, 0.717) is 0 Å².